The summed E-state index contributed by atoms with van der Waals surface area (Å²) >= 11 is 0. The molecule has 1 aromatic heterocycles. The maximum Gasteiger partial charge on any atom is 0.253 e. The first kappa shape index (κ1) is 15.9. The van der Waals surface area contributed by atoms with E-state index in [4.69, 9.17) is 5.26 Å². The van der Waals surface area contributed by atoms with Crippen molar-refractivity contribution in [2.45, 2.75) is 6.42 Å². The molecule has 0 spiro atoms. The Morgan fingerprint density at radius 1 is 1.08 bits per heavy atom. The van der Waals surface area contributed by atoms with Crippen LogP contribution in [0, 0.1) is 17.1 Å². The molecule has 2 aromatic rings. The zero-order valence-corrected chi connectivity index (χ0v) is 13.2. The number of nitrogens with zero attached hydrogens (tertiary/aromatic N) is 4. The number of carbonyl (C=O) groups excluding carboxylic acids is 1. The molecule has 6 heteroatoms. The first-order chi connectivity index (χ1) is 11.7. The van der Waals surface area contributed by atoms with E-state index in [0.29, 0.717) is 30.8 Å². The third-order valence-electron chi connectivity index (χ3n) is 4.08. The number of amides is 1. The summed E-state index contributed by atoms with van der Waals surface area (Å²) in [4.78, 5) is 20.7. The maximum absolute atomic E-state index is 13.0. The molecule has 0 saturated carbocycles. The molecule has 1 amide bonds. The summed E-state index contributed by atoms with van der Waals surface area (Å²) in [5, 5.41) is 8.83. The van der Waals surface area contributed by atoms with Gasteiger partial charge in [-0.15, -0.1) is 0 Å². The van der Waals surface area contributed by atoms with Crippen LogP contribution in [0.3, 0.4) is 0 Å². The van der Waals surface area contributed by atoms with E-state index in [9.17, 15) is 9.18 Å². The number of rotatable bonds is 2. The molecule has 5 nitrogen and oxygen atoms in total. The zero-order chi connectivity index (χ0) is 16.9. The van der Waals surface area contributed by atoms with E-state index in [2.05, 4.69) is 16.0 Å². The molecule has 1 fully saturated rings. The van der Waals surface area contributed by atoms with E-state index in [0.717, 1.165) is 18.8 Å². The average molecular weight is 324 g/mol. The highest BCUT2D eigenvalue weighted by Gasteiger charge is 2.21. The molecule has 1 aromatic carbocycles. The van der Waals surface area contributed by atoms with Gasteiger partial charge in [-0.3, -0.25) is 4.79 Å². The summed E-state index contributed by atoms with van der Waals surface area (Å²) in [6.45, 7) is 2.71. The Morgan fingerprint density at radius 2 is 1.88 bits per heavy atom. The molecule has 0 radical (unpaired) electrons. The molecule has 24 heavy (non-hydrogen) atoms. The van der Waals surface area contributed by atoms with Crippen molar-refractivity contribution in [3.63, 3.8) is 0 Å². The van der Waals surface area contributed by atoms with Gasteiger partial charge >= 0.3 is 0 Å². The van der Waals surface area contributed by atoms with Gasteiger partial charge in [0.05, 0.1) is 5.56 Å². The number of benzene rings is 1. The lowest BCUT2D eigenvalue weighted by Gasteiger charge is -2.23. The Bertz CT molecular complexity index is 752. The van der Waals surface area contributed by atoms with Crippen LogP contribution in [0.15, 0.2) is 42.6 Å². The smallest absolute Gasteiger partial charge is 0.253 e. The molecule has 1 aliphatic heterocycles. The van der Waals surface area contributed by atoms with E-state index < -0.39 is 0 Å². The minimum atomic E-state index is -0.347. The number of carbonyl (C=O) groups is 1. The molecule has 3 rings (SSSR count). The van der Waals surface area contributed by atoms with Gasteiger partial charge in [0.1, 0.15) is 17.7 Å². The SMILES string of the molecule is N#Cc1ccc(N2CCCN(C(=O)c3ccc(F)cc3)CC2)nc1. The second-order valence-electron chi connectivity index (χ2n) is 5.66. The van der Waals surface area contributed by atoms with Crippen molar-refractivity contribution in [1.29, 1.82) is 5.26 Å². The molecule has 0 N–H and O–H groups in total. The van der Waals surface area contributed by atoms with Gasteiger partial charge < -0.3 is 9.80 Å². The molecule has 1 saturated heterocycles. The fourth-order valence-electron chi connectivity index (χ4n) is 2.76. The predicted octanol–water partition coefficient (Wildman–Crippen LogP) is 2.44. The topological polar surface area (TPSA) is 60.2 Å². The van der Waals surface area contributed by atoms with E-state index in [1.165, 1.54) is 24.3 Å². The third-order valence-corrected chi connectivity index (χ3v) is 4.08. The van der Waals surface area contributed by atoms with Crippen LogP contribution in [0.5, 0.6) is 0 Å². The number of hydrogen-bond acceptors (Lipinski definition) is 4. The quantitative estimate of drug-likeness (QED) is 0.851. The van der Waals surface area contributed by atoms with E-state index in [1.807, 2.05) is 6.07 Å². The normalized spacial score (nSPS) is 14.8. The Hall–Kier alpha value is -2.94. The first-order valence-corrected chi connectivity index (χ1v) is 7.83. The Labute approximate surface area is 139 Å². The molecule has 0 unspecified atom stereocenters. The van der Waals surface area contributed by atoms with Gasteiger partial charge in [0, 0.05) is 37.9 Å². The Kier molecular flexibility index (Phi) is 4.71. The highest BCUT2D eigenvalue weighted by Crippen LogP contribution is 2.16. The summed E-state index contributed by atoms with van der Waals surface area (Å²) in [5.41, 5.74) is 1.03. The summed E-state index contributed by atoms with van der Waals surface area (Å²) in [5.74, 6) is 0.384. The number of hydrogen-bond donors (Lipinski definition) is 0. The third kappa shape index (κ3) is 3.51. The molecule has 0 bridgehead atoms. The van der Waals surface area contributed by atoms with Crippen molar-refractivity contribution in [3.05, 3.63) is 59.5 Å². The Balaban J connectivity index is 1.67. The molecule has 0 aliphatic carbocycles. The number of aromatic nitrogens is 1. The molecule has 1 aliphatic rings. The van der Waals surface area contributed by atoms with Crippen LogP contribution in [-0.2, 0) is 0 Å². The number of pyridine rings is 1. The lowest BCUT2D eigenvalue weighted by Crippen LogP contribution is -2.35. The summed E-state index contributed by atoms with van der Waals surface area (Å²) in [7, 11) is 0. The van der Waals surface area contributed by atoms with Crippen LogP contribution in [-0.4, -0.2) is 42.0 Å². The standard InChI is InChI=1S/C18H17FN4O/c19-16-5-3-15(4-6-16)18(24)23-9-1-8-22(10-11-23)17-7-2-14(12-20)13-21-17/h2-7,13H,1,8-11H2. The van der Waals surface area contributed by atoms with Crippen molar-refractivity contribution >= 4 is 11.7 Å². The number of halogens is 1. The van der Waals surface area contributed by atoms with Crippen LogP contribution >= 0.6 is 0 Å². The van der Waals surface area contributed by atoms with Crippen molar-refractivity contribution < 1.29 is 9.18 Å². The summed E-state index contributed by atoms with van der Waals surface area (Å²) in [6.07, 6.45) is 2.39. The minimum absolute atomic E-state index is 0.0790. The van der Waals surface area contributed by atoms with Crippen LogP contribution in [0.4, 0.5) is 10.2 Å². The van der Waals surface area contributed by atoms with Gasteiger partial charge in [-0.2, -0.15) is 5.26 Å². The summed E-state index contributed by atoms with van der Waals surface area (Å²) < 4.78 is 13.0. The van der Waals surface area contributed by atoms with Gasteiger partial charge in [-0.05, 0) is 42.8 Å². The molecular formula is C18H17FN4O. The minimum Gasteiger partial charge on any atom is -0.355 e. The predicted molar refractivity (Wildman–Crippen MR) is 88.1 cm³/mol. The molecular weight excluding hydrogens is 307 g/mol. The van der Waals surface area contributed by atoms with E-state index in [-0.39, 0.29) is 11.7 Å². The van der Waals surface area contributed by atoms with E-state index >= 15 is 0 Å². The first-order valence-electron chi connectivity index (χ1n) is 7.83. The number of anilines is 1. The fraction of sp³-hybridized carbons (Fsp3) is 0.278. The lowest BCUT2D eigenvalue weighted by atomic mass is 10.2. The lowest BCUT2D eigenvalue weighted by molar-refractivity contribution is 0.0767. The van der Waals surface area contributed by atoms with Gasteiger partial charge in [-0.1, -0.05) is 0 Å². The molecule has 122 valence electrons. The van der Waals surface area contributed by atoms with Crippen LogP contribution in [0.25, 0.3) is 0 Å². The fourth-order valence-corrected chi connectivity index (χ4v) is 2.76. The van der Waals surface area contributed by atoms with Gasteiger partial charge in [0.15, 0.2) is 0 Å². The largest absolute Gasteiger partial charge is 0.355 e. The highest BCUT2D eigenvalue weighted by atomic mass is 19.1. The van der Waals surface area contributed by atoms with Crippen molar-refractivity contribution in [1.82, 2.24) is 9.88 Å². The van der Waals surface area contributed by atoms with Crippen LogP contribution in [0.2, 0.25) is 0 Å². The average Bonchev–Trinajstić information content (AvgIpc) is 2.88. The Morgan fingerprint density at radius 3 is 2.54 bits per heavy atom. The molecule has 0 atom stereocenters. The van der Waals surface area contributed by atoms with Gasteiger partial charge in [0.2, 0.25) is 0 Å². The highest BCUT2D eigenvalue weighted by molar-refractivity contribution is 5.94. The number of nitriles is 1. The second-order valence-corrected chi connectivity index (χ2v) is 5.66. The molecule has 2 heterocycles. The maximum atomic E-state index is 13.0. The van der Waals surface area contributed by atoms with Crippen molar-refractivity contribution in [2.75, 3.05) is 31.1 Å². The van der Waals surface area contributed by atoms with Crippen LogP contribution < -0.4 is 4.90 Å². The van der Waals surface area contributed by atoms with Gasteiger partial charge in [0.25, 0.3) is 5.91 Å². The summed E-state index contributed by atoms with van der Waals surface area (Å²) in [6, 6.07) is 11.3. The van der Waals surface area contributed by atoms with Crippen molar-refractivity contribution in [2.24, 2.45) is 0 Å². The van der Waals surface area contributed by atoms with Crippen LogP contribution in [0.1, 0.15) is 22.3 Å². The zero-order valence-electron chi connectivity index (χ0n) is 13.2. The second kappa shape index (κ2) is 7.09. The van der Waals surface area contributed by atoms with Gasteiger partial charge in [-0.25, -0.2) is 9.37 Å². The van der Waals surface area contributed by atoms with E-state index in [1.54, 1.807) is 17.2 Å². The van der Waals surface area contributed by atoms with Crippen molar-refractivity contribution in [3.8, 4) is 6.07 Å². The monoisotopic (exact) mass is 324 g/mol.